The molecule has 0 aromatic heterocycles. The molecule has 0 spiro atoms. The molecule has 3 nitrogen and oxygen atoms in total. The Hall–Kier alpha value is -0.570. The zero-order valence-electron chi connectivity index (χ0n) is 10.2. The number of hydrogen-bond donors (Lipinski definition) is 1. The molecule has 0 aliphatic heterocycles. The molecule has 2 bridgehead atoms. The van der Waals surface area contributed by atoms with Gasteiger partial charge >= 0.3 is 0 Å². The summed E-state index contributed by atoms with van der Waals surface area (Å²) in [5, 5.41) is 3.00. The molecule has 2 saturated carbocycles. The van der Waals surface area contributed by atoms with E-state index in [1.54, 1.807) is 0 Å². The second kappa shape index (κ2) is 5.67. The Balaban J connectivity index is 1.59. The summed E-state index contributed by atoms with van der Waals surface area (Å²) in [5.74, 6) is 2.65. The molecule has 92 valence electrons. The van der Waals surface area contributed by atoms with Gasteiger partial charge < -0.3 is 10.1 Å². The summed E-state index contributed by atoms with van der Waals surface area (Å²) in [4.78, 5) is 11.4. The van der Waals surface area contributed by atoms with Crippen molar-refractivity contribution in [3.05, 3.63) is 0 Å². The lowest BCUT2D eigenvalue weighted by Gasteiger charge is -2.21. The SMILES string of the molecule is CCCOCC(=O)NCC1CC2CCC1C2. The largest absolute Gasteiger partial charge is 0.372 e. The van der Waals surface area contributed by atoms with Gasteiger partial charge in [0.1, 0.15) is 6.61 Å². The Morgan fingerprint density at radius 2 is 2.25 bits per heavy atom. The van der Waals surface area contributed by atoms with Gasteiger partial charge in [0.15, 0.2) is 0 Å². The highest BCUT2D eigenvalue weighted by Gasteiger charge is 2.39. The number of hydrogen-bond acceptors (Lipinski definition) is 2. The van der Waals surface area contributed by atoms with Gasteiger partial charge in [-0.25, -0.2) is 0 Å². The van der Waals surface area contributed by atoms with Gasteiger partial charge in [0.05, 0.1) is 0 Å². The van der Waals surface area contributed by atoms with E-state index < -0.39 is 0 Å². The van der Waals surface area contributed by atoms with E-state index in [9.17, 15) is 4.79 Å². The van der Waals surface area contributed by atoms with Gasteiger partial charge in [0.25, 0.3) is 0 Å². The van der Waals surface area contributed by atoms with Crippen molar-refractivity contribution in [2.45, 2.75) is 39.0 Å². The van der Waals surface area contributed by atoms with Crippen molar-refractivity contribution >= 4 is 5.91 Å². The van der Waals surface area contributed by atoms with Crippen molar-refractivity contribution in [2.75, 3.05) is 19.8 Å². The molecule has 3 heteroatoms. The topological polar surface area (TPSA) is 38.3 Å². The van der Waals surface area contributed by atoms with Gasteiger partial charge in [0.2, 0.25) is 5.91 Å². The molecule has 0 heterocycles. The lowest BCUT2D eigenvalue weighted by molar-refractivity contribution is -0.125. The van der Waals surface area contributed by atoms with Gasteiger partial charge in [-0.1, -0.05) is 13.3 Å². The number of amides is 1. The Labute approximate surface area is 97.9 Å². The highest BCUT2D eigenvalue weighted by molar-refractivity contribution is 5.77. The fraction of sp³-hybridized carbons (Fsp3) is 0.923. The number of carbonyl (C=O) groups is 1. The molecule has 0 radical (unpaired) electrons. The fourth-order valence-corrected chi connectivity index (χ4v) is 3.23. The van der Waals surface area contributed by atoms with Crippen LogP contribution < -0.4 is 5.32 Å². The van der Waals surface area contributed by atoms with Crippen LogP contribution >= 0.6 is 0 Å². The minimum atomic E-state index is 0.0521. The number of rotatable bonds is 6. The minimum Gasteiger partial charge on any atom is -0.372 e. The van der Waals surface area contributed by atoms with Crippen LogP contribution in [0.3, 0.4) is 0 Å². The standard InChI is InChI=1S/C13H23NO2/c1-2-5-16-9-13(15)14-8-12-7-10-3-4-11(12)6-10/h10-12H,2-9H2,1H3,(H,14,15). The lowest BCUT2D eigenvalue weighted by Crippen LogP contribution is -2.34. The second-order valence-electron chi connectivity index (χ2n) is 5.29. The first-order valence-corrected chi connectivity index (χ1v) is 6.64. The van der Waals surface area contributed by atoms with Gasteiger partial charge in [-0.3, -0.25) is 4.79 Å². The molecule has 0 aromatic carbocycles. The molecule has 0 saturated heterocycles. The first-order valence-electron chi connectivity index (χ1n) is 6.64. The van der Waals surface area contributed by atoms with Crippen LogP contribution in [0, 0.1) is 17.8 Å². The third-order valence-corrected chi connectivity index (χ3v) is 4.03. The molecular formula is C13H23NO2. The molecular weight excluding hydrogens is 202 g/mol. The van der Waals surface area contributed by atoms with E-state index in [1.807, 2.05) is 6.92 Å². The smallest absolute Gasteiger partial charge is 0.246 e. The Bertz CT molecular complexity index is 242. The molecule has 3 unspecified atom stereocenters. The summed E-state index contributed by atoms with van der Waals surface area (Å²) in [6.07, 6.45) is 6.53. The van der Waals surface area contributed by atoms with Crippen molar-refractivity contribution in [2.24, 2.45) is 17.8 Å². The third kappa shape index (κ3) is 2.97. The van der Waals surface area contributed by atoms with Crippen LogP contribution in [0.2, 0.25) is 0 Å². The molecule has 2 rings (SSSR count). The van der Waals surface area contributed by atoms with Gasteiger partial charge in [-0.05, 0) is 43.4 Å². The van der Waals surface area contributed by atoms with E-state index in [0.29, 0.717) is 6.61 Å². The normalized spacial score (nSPS) is 31.9. The van der Waals surface area contributed by atoms with Crippen molar-refractivity contribution in [1.82, 2.24) is 5.32 Å². The number of carbonyl (C=O) groups excluding carboxylic acids is 1. The zero-order chi connectivity index (χ0) is 11.4. The van der Waals surface area contributed by atoms with E-state index in [-0.39, 0.29) is 12.5 Å². The average molecular weight is 225 g/mol. The van der Waals surface area contributed by atoms with Crippen molar-refractivity contribution in [3.8, 4) is 0 Å². The zero-order valence-corrected chi connectivity index (χ0v) is 10.2. The maximum atomic E-state index is 11.4. The molecule has 0 aromatic rings. The summed E-state index contributed by atoms with van der Waals surface area (Å²) >= 11 is 0. The van der Waals surface area contributed by atoms with Gasteiger partial charge in [0, 0.05) is 13.2 Å². The average Bonchev–Trinajstić information content (AvgIpc) is 2.88. The monoisotopic (exact) mass is 225 g/mol. The number of ether oxygens (including phenoxy) is 1. The molecule has 2 fully saturated rings. The minimum absolute atomic E-state index is 0.0521. The van der Waals surface area contributed by atoms with Gasteiger partial charge in [-0.2, -0.15) is 0 Å². The number of nitrogens with one attached hydrogen (secondary N) is 1. The molecule has 3 atom stereocenters. The molecule has 2 aliphatic carbocycles. The lowest BCUT2D eigenvalue weighted by atomic mass is 9.89. The maximum Gasteiger partial charge on any atom is 0.246 e. The number of fused-ring (bicyclic) bond motifs is 2. The van der Waals surface area contributed by atoms with E-state index in [0.717, 1.165) is 30.7 Å². The molecule has 2 aliphatic rings. The summed E-state index contributed by atoms with van der Waals surface area (Å²) in [7, 11) is 0. The van der Waals surface area contributed by atoms with Crippen LogP contribution in [0.25, 0.3) is 0 Å². The quantitative estimate of drug-likeness (QED) is 0.702. The maximum absolute atomic E-state index is 11.4. The molecule has 1 amide bonds. The van der Waals surface area contributed by atoms with Crippen LogP contribution in [0.4, 0.5) is 0 Å². The van der Waals surface area contributed by atoms with E-state index >= 15 is 0 Å². The van der Waals surface area contributed by atoms with Crippen molar-refractivity contribution in [1.29, 1.82) is 0 Å². The first kappa shape index (κ1) is 11.9. The Morgan fingerprint density at radius 3 is 2.88 bits per heavy atom. The van der Waals surface area contributed by atoms with E-state index in [2.05, 4.69) is 5.32 Å². The molecule has 16 heavy (non-hydrogen) atoms. The second-order valence-corrected chi connectivity index (χ2v) is 5.29. The highest BCUT2D eigenvalue weighted by atomic mass is 16.5. The third-order valence-electron chi connectivity index (χ3n) is 4.03. The highest BCUT2D eigenvalue weighted by Crippen LogP contribution is 2.47. The van der Waals surface area contributed by atoms with E-state index in [4.69, 9.17) is 4.74 Å². The molecule has 1 N–H and O–H groups in total. The van der Waals surface area contributed by atoms with Crippen LogP contribution in [0.15, 0.2) is 0 Å². The summed E-state index contributed by atoms with van der Waals surface area (Å²) < 4.78 is 5.21. The Kier molecular flexibility index (Phi) is 4.22. The Morgan fingerprint density at radius 1 is 1.38 bits per heavy atom. The van der Waals surface area contributed by atoms with E-state index in [1.165, 1.54) is 25.7 Å². The fourth-order valence-electron chi connectivity index (χ4n) is 3.23. The summed E-state index contributed by atoms with van der Waals surface area (Å²) in [6, 6.07) is 0. The predicted octanol–water partition coefficient (Wildman–Crippen LogP) is 1.97. The first-order chi connectivity index (χ1) is 7.79. The van der Waals surface area contributed by atoms with Crippen LogP contribution in [0.5, 0.6) is 0 Å². The van der Waals surface area contributed by atoms with Crippen LogP contribution in [-0.4, -0.2) is 25.7 Å². The summed E-state index contributed by atoms with van der Waals surface area (Å²) in [6.45, 7) is 3.83. The predicted molar refractivity (Wildman–Crippen MR) is 63.1 cm³/mol. The van der Waals surface area contributed by atoms with Crippen molar-refractivity contribution < 1.29 is 9.53 Å². The van der Waals surface area contributed by atoms with Gasteiger partial charge in [-0.15, -0.1) is 0 Å². The van der Waals surface area contributed by atoms with Crippen LogP contribution in [-0.2, 0) is 9.53 Å². The van der Waals surface area contributed by atoms with Crippen molar-refractivity contribution in [3.63, 3.8) is 0 Å². The van der Waals surface area contributed by atoms with Crippen LogP contribution in [0.1, 0.15) is 39.0 Å². The summed E-state index contributed by atoms with van der Waals surface area (Å²) in [5.41, 5.74) is 0.